The van der Waals surface area contributed by atoms with E-state index < -0.39 is 0 Å². The summed E-state index contributed by atoms with van der Waals surface area (Å²) in [5.41, 5.74) is 2.44. The number of rotatable bonds is 1. The second-order valence-electron chi connectivity index (χ2n) is 3.78. The predicted octanol–water partition coefficient (Wildman–Crippen LogP) is 2.85. The second-order valence-corrected chi connectivity index (χ2v) is 3.78. The molecule has 1 aromatic carbocycles. The molecule has 0 aliphatic rings. The fourth-order valence-electron chi connectivity index (χ4n) is 1.82. The molecule has 3 aromatic rings. The Morgan fingerprint density at radius 2 is 1.88 bits per heavy atom. The number of aromatic hydroxyl groups is 1. The van der Waals surface area contributed by atoms with E-state index in [0.29, 0.717) is 5.52 Å². The Hall–Kier alpha value is -2.36. The van der Waals surface area contributed by atoms with Crippen molar-refractivity contribution in [2.45, 2.75) is 0 Å². The van der Waals surface area contributed by atoms with Crippen molar-refractivity contribution in [3.8, 4) is 17.0 Å². The smallest absolute Gasteiger partial charge is 0.235 e. The van der Waals surface area contributed by atoms with Crippen molar-refractivity contribution in [3.63, 3.8) is 0 Å². The third kappa shape index (κ3) is 1.63. The number of hydrogen-bond donors (Lipinski definition) is 1. The van der Waals surface area contributed by atoms with E-state index in [1.807, 2.05) is 12.3 Å². The molecular weight excluding hydrogens is 219 g/mol. The monoisotopic (exact) mass is 228 g/mol. The molecule has 0 saturated carbocycles. The summed E-state index contributed by atoms with van der Waals surface area (Å²) in [7, 11) is 0. The van der Waals surface area contributed by atoms with Gasteiger partial charge in [0.15, 0.2) is 0 Å². The molecule has 0 atom stereocenters. The normalized spacial score (nSPS) is 10.9. The first-order chi connectivity index (χ1) is 8.24. The van der Waals surface area contributed by atoms with Crippen LogP contribution in [0, 0.1) is 5.82 Å². The minimum atomic E-state index is -0.262. The summed E-state index contributed by atoms with van der Waals surface area (Å²) in [5.74, 6) is -0.275. The zero-order valence-corrected chi connectivity index (χ0v) is 8.84. The highest BCUT2D eigenvalue weighted by molar-refractivity contribution is 5.72. The number of halogens is 1. The summed E-state index contributed by atoms with van der Waals surface area (Å²) < 4.78 is 14.6. The van der Waals surface area contributed by atoms with Gasteiger partial charge >= 0.3 is 0 Å². The summed E-state index contributed by atoms with van der Waals surface area (Å²) in [6.07, 6.45) is 5.14. The standard InChI is InChI=1S/C13H9FN2O/c14-11-3-1-9(2-4-11)10-7-12-13(17)15-5-6-16(12)8-10/h1-8H,(H,15,17). The molecule has 2 heterocycles. The summed E-state index contributed by atoms with van der Waals surface area (Å²) in [5, 5.41) is 9.58. The van der Waals surface area contributed by atoms with E-state index in [0.717, 1.165) is 11.1 Å². The fourth-order valence-corrected chi connectivity index (χ4v) is 1.82. The molecule has 3 nitrogen and oxygen atoms in total. The lowest BCUT2D eigenvalue weighted by atomic mass is 10.1. The maximum absolute atomic E-state index is 12.8. The molecule has 0 spiro atoms. The van der Waals surface area contributed by atoms with Crippen LogP contribution in [0.2, 0.25) is 0 Å². The number of hydrogen-bond acceptors (Lipinski definition) is 2. The van der Waals surface area contributed by atoms with Gasteiger partial charge in [0.05, 0.1) is 0 Å². The number of aromatic nitrogens is 2. The summed E-state index contributed by atoms with van der Waals surface area (Å²) >= 11 is 0. The highest BCUT2D eigenvalue weighted by atomic mass is 19.1. The van der Waals surface area contributed by atoms with Crippen molar-refractivity contribution in [3.05, 3.63) is 54.7 Å². The third-order valence-electron chi connectivity index (χ3n) is 2.68. The van der Waals surface area contributed by atoms with Gasteiger partial charge in [0.25, 0.3) is 0 Å². The minimum absolute atomic E-state index is 0.0131. The third-order valence-corrected chi connectivity index (χ3v) is 2.68. The van der Waals surface area contributed by atoms with Gasteiger partial charge in [-0.1, -0.05) is 12.1 Å². The topological polar surface area (TPSA) is 37.5 Å². The van der Waals surface area contributed by atoms with E-state index in [-0.39, 0.29) is 11.7 Å². The van der Waals surface area contributed by atoms with Gasteiger partial charge < -0.3 is 9.51 Å². The number of benzene rings is 1. The first-order valence-corrected chi connectivity index (χ1v) is 5.16. The molecule has 3 rings (SSSR count). The van der Waals surface area contributed by atoms with Gasteiger partial charge in [0.1, 0.15) is 11.3 Å². The second kappa shape index (κ2) is 3.59. The van der Waals surface area contributed by atoms with E-state index in [1.54, 1.807) is 22.7 Å². The molecule has 17 heavy (non-hydrogen) atoms. The summed E-state index contributed by atoms with van der Waals surface area (Å²) in [4.78, 5) is 3.80. The Morgan fingerprint density at radius 3 is 2.59 bits per heavy atom. The van der Waals surface area contributed by atoms with Crippen LogP contribution in [0.5, 0.6) is 5.88 Å². The molecule has 4 heteroatoms. The molecule has 0 radical (unpaired) electrons. The first-order valence-electron chi connectivity index (χ1n) is 5.16. The molecule has 2 aromatic heterocycles. The fraction of sp³-hybridized carbons (Fsp3) is 0. The molecule has 0 bridgehead atoms. The zero-order valence-electron chi connectivity index (χ0n) is 8.84. The average Bonchev–Trinajstić information content (AvgIpc) is 2.75. The Morgan fingerprint density at radius 1 is 1.12 bits per heavy atom. The largest absolute Gasteiger partial charge is 0.492 e. The lowest BCUT2D eigenvalue weighted by Gasteiger charge is -1.95. The Balaban J connectivity index is 2.18. The van der Waals surface area contributed by atoms with Gasteiger partial charge in [0, 0.05) is 24.2 Å². The van der Waals surface area contributed by atoms with Crippen LogP contribution < -0.4 is 0 Å². The molecule has 0 amide bonds. The van der Waals surface area contributed by atoms with Crippen molar-refractivity contribution >= 4 is 5.52 Å². The van der Waals surface area contributed by atoms with Crippen molar-refractivity contribution in [2.24, 2.45) is 0 Å². The molecule has 0 unspecified atom stereocenters. The molecule has 0 aliphatic carbocycles. The Kier molecular flexibility index (Phi) is 2.08. The van der Waals surface area contributed by atoms with E-state index in [1.165, 1.54) is 18.3 Å². The predicted molar refractivity (Wildman–Crippen MR) is 62.3 cm³/mol. The van der Waals surface area contributed by atoms with Crippen LogP contribution in [0.15, 0.2) is 48.9 Å². The summed E-state index contributed by atoms with van der Waals surface area (Å²) in [6.45, 7) is 0. The lowest BCUT2D eigenvalue weighted by Crippen LogP contribution is -1.82. The Labute approximate surface area is 96.8 Å². The van der Waals surface area contributed by atoms with E-state index in [9.17, 15) is 9.50 Å². The van der Waals surface area contributed by atoms with Gasteiger partial charge in [-0.3, -0.25) is 0 Å². The van der Waals surface area contributed by atoms with E-state index >= 15 is 0 Å². The Bertz CT molecular complexity index is 673. The average molecular weight is 228 g/mol. The van der Waals surface area contributed by atoms with E-state index in [4.69, 9.17) is 0 Å². The van der Waals surface area contributed by atoms with Crippen molar-refractivity contribution in [2.75, 3.05) is 0 Å². The molecule has 1 N–H and O–H groups in total. The van der Waals surface area contributed by atoms with Crippen molar-refractivity contribution < 1.29 is 9.50 Å². The van der Waals surface area contributed by atoms with Crippen LogP contribution in [0.25, 0.3) is 16.6 Å². The maximum atomic E-state index is 12.8. The molecule has 0 fully saturated rings. The molecule has 0 aliphatic heterocycles. The lowest BCUT2D eigenvalue weighted by molar-refractivity contribution is 0.457. The highest BCUT2D eigenvalue weighted by Crippen LogP contribution is 2.25. The van der Waals surface area contributed by atoms with E-state index in [2.05, 4.69) is 4.98 Å². The number of nitrogens with zero attached hydrogens (tertiary/aromatic N) is 2. The quantitative estimate of drug-likeness (QED) is 0.695. The first kappa shape index (κ1) is 9.84. The molecule has 0 saturated heterocycles. The maximum Gasteiger partial charge on any atom is 0.235 e. The van der Waals surface area contributed by atoms with Crippen LogP contribution in [-0.4, -0.2) is 14.5 Å². The van der Waals surface area contributed by atoms with Crippen LogP contribution in [0.4, 0.5) is 4.39 Å². The highest BCUT2D eigenvalue weighted by Gasteiger charge is 2.06. The van der Waals surface area contributed by atoms with Crippen LogP contribution in [0.3, 0.4) is 0 Å². The summed E-state index contributed by atoms with van der Waals surface area (Å²) in [6, 6.07) is 8.05. The van der Waals surface area contributed by atoms with Crippen molar-refractivity contribution in [1.29, 1.82) is 0 Å². The zero-order chi connectivity index (χ0) is 11.8. The van der Waals surface area contributed by atoms with Crippen LogP contribution >= 0.6 is 0 Å². The van der Waals surface area contributed by atoms with Gasteiger partial charge in [-0.25, -0.2) is 9.37 Å². The van der Waals surface area contributed by atoms with Gasteiger partial charge in [-0.2, -0.15) is 0 Å². The van der Waals surface area contributed by atoms with Gasteiger partial charge in [0.2, 0.25) is 5.88 Å². The van der Waals surface area contributed by atoms with Crippen LogP contribution in [0.1, 0.15) is 0 Å². The van der Waals surface area contributed by atoms with Gasteiger partial charge in [-0.05, 0) is 23.8 Å². The SMILES string of the molecule is Oc1nccn2cc(-c3ccc(F)cc3)cc12. The van der Waals surface area contributed by atoms with Crippen molar-refractivity contribution in [1.82, 2.24) is 9.38 Å². The van der Waals surface area contributed by atoms with Crippen LogP contribution in [-0.2, 0) is 0 Å². The number of fused-ring (bicyclic) bond motifs is 1. The van der Waals surface area contributed by atoms with Gasteiger partial charge in [-0.15, -0.1) is 0 Å². The minimum Gasteiger partial charge on any atom is -0.492 e. The molecule has 84 valence electrons. The molecular formula is C13H9FN2O.